The van der Waals surface area contributed by atoms with Gasteiger partial charge < -0.3 is 20.1 Å². The summed E-state index contributed by atoms with van der Waals surface area (Å²) < 4.78 is 33.3. The van der Waals surface area contributed by atoms with Gasteiger partial charge in [-0.15, -0.1) is 0 Å². The molecule has 1 atom stereocenters. The molecule has 0 saturated carbocycles. The van der Waals surface area contributed by atoms with Crippen LogP contribution in [-0.4, -0.2) is 45.6 Å². The first-order chi connectivity index (χ1) is 14.3. The van der Waals surface area contributed by atoms with Gasteiger partial charge >= 0.3 is 6.09 Å². The fourth-order valence-electron chi connectivity index (χ4n) is 2.60. The first kappa shape index (κ1) is 23.2. The number of amides is 2. The number of rotatable bonds is 10. The normalized spacial score (nSPS) is 11.9. The second kappa shape index (κ2) is 11.2. The van der Waals surface area contributed by atoms with Gasteiger partial charge in [0.05, 0.1) is 12.9 Å². The molecule has 30 heavy (non-hydrogen) atoms. The molecule has 0 heterocycles. The van der Waals surface area contributed by atoms with Crippen molar-refractivity contribution in [3.8, 4) is 5.75 Å². The first-order valence-corrected chi connectivity index (χ1v) is 11.4. The van der Waals surface area contributed by atoms with Gasteiger partial charge in [-0.3, -0.25) is 4.79 Å². The van der Waals surface area contributed by atoms with Gasteiger partial charge in [0.25, 0.3) is 0 Å². The topological polar surface area (TPSA) is 111 Å². The Morgan fingerprint density at radius 3 is 2.40 bits per heavy atom. The van der Waals surface area contributed by atoms with Crippen LogP contribution < -0.4 is 15.4 Å². The fourth-order valence-corrected chi connectivity index (χ4v) is 3.27. The van der Waals surface area contributed by atoms with Gasteiger partial charge in [-0.05, 0) is 29.7 Å². The molecule has 2 rings (SSSR count). The number of carbonyl (C=O) groups excluding carboxylic acids is 2. The Morgan fingerprint density at radius 2 is 1.73 bits per heavy atom. The highest BCUT2D eigenvalue weighted by molar-refractivity contribution is 7.90. The number of benzene rings is 2. The summed E-state index contributed by atoms with van der Waals surface area (Å²) in [5, 5.41) is 5.16. The van der Waals surface area contributed by atoms with Crippen LogP contribution in [0.2, 0.25) is 0 Å². The molecule has 0 bridgehead atoms. The van der Waals surface area contributed by atoms with E-state index < -0.39 is 27.9 Å². The zero-order valence-corrected chi connectivity index (χ0v) is 17.8. The van der Waals surface area contributed by atoms with E-state index in [0.29, 0.717) is 5.75 Å². The van der Waals surface area contributed by atoms with Gasteiger partial charge in [-0.25, -0.2) is 13.2 Å². The molecule has 0 spiro atoms. The predicted octanol–water partition coefficient (Wildman–Crippen LogP) is 2.04. The summed E-state index contributed by atoms with van der Waals surface area (Å²) in [6.45, 7) is 0.239. The molecule has 162 valence electrons. The lowest BCUT2D eigenvalue weighted by Crippen LogP contribution is -2.47. The molecule has 0 radical (unpaired) electrons. The Hall–Kier alpha value is -3.07. The Labute approximate surface area is 176 Å². The summed E-state index contributed by atoms with van der Waals surface area (Å²) in [7, 11) is -1.76. The second-order valence-electron chi connectivity index (χ2n) is 6.75. The minimum absolute atomic E-state index is 0.0386. The summed E-state index contributed by atoms with van der Waals surface area (Å²) in [6, 6.07) is 15.2. The zero-order chi connectivity index (χ0) is 22.0. The standard InChI is InChI=1S/C21H26N2O6S/c1-28-18-10-6-9-17(13-18)14-22-20(24)19(11-12-30(2,26)27)23-21(25)29-15-16-7-4-3-5-8-16/h3-10,13,19H,11-12,14-15H2,1-2H3,(H,22,24)(H,23,25)/t19-/m1/s1. The lowest BCUT2D eigenvalue weighted by atomic mass is 10.2. The molecule has 8 nitrogen and oxygen atoms in total. The van der Waals surface area contributed by atoms with E-state index in [1.165, 1.54) is 0 Å². The highest BCUT2D eigenvalue weighted by atomic mass is 32.2. The Morgan fingerprint density at radius 1 is 1.03 bits per heavy atom. The lowest BCUT2D eigenvalue weighted by molar-refractivity contribution is -0.123. The van der Waals surface area contributed by atoms with Crippen molar-refractivity contribution in [3.05, 3.63) is 65.7 Å². The number of hydrogen-bond acceptors (Lipinski definition) is 6. The Balaban J connectivity index is 1.96. The zero-order valence-electron chi connectivity index (χ0n) is 17.0. The lowest BCUT2D eigenvalue weighted by Gasteiger charge is -2.18. The molecule has 0 saturated heterocycles. The average molecular weight is 435 g/mol. The molecule has 0 aliphatic rings. The highest BCUT2D eigenvalue weighted by Gasteiger charge is 2.23. The van der Waals surface area contributed by atoms with Gasteiger partial charge in [-0.2, -0.15) is 0 Å². The monoisotopic (exact) mass is 434 g/mol. The van der Waals surface area contributed by atoms with Crippen molar-refractivity contribution in [1.82, 2.24) is 10.6 Å². The van der Waals surface area contributed by atoms with Crippen LogP contribution in [0.25, 0.3) is 0 Å². The third kappa shape index (κ3) is 8.52. The van der Waals surface area contributed by atoms with Crippen LogP contribution in [0.15, 0.2) is 54.6 Å². The maximum atomic E-state index is 12.6. The minimum atomic E-state index is -3.31. The number of hydrogen-bond donors (Lipinski definition) is 2. The van der Waals surface area contributed by atoms with Crippen molar-refractivity contribution in [1.29, 1.82) is 0 Å². The van der Waals surface area contributed by atoms with Crippen LogP contribution in [0.5, 0.6) is 5.75 Å². The van der Waals surface area contributed by atoms with Gasteiger partial charge in [0.1, 0.15) is 28.2 Å². The van der Waals surface area contributed by atoms with E-state index in [0.717, 1.165) is 17.4 Å². The summed E-state index contributed by atoms with van der Waals surface area (Å²) in [4.78, 5) is 24.7. The van der Waals surface area contributed by atoms with Crippen molar-refractivity contribution in [2.24, 2.45) is 0 Å². The number of carbonyl (C=O) groups is 2. The highest BCUT2D eigenvalue weighted by Crippen LogP contribution is 2.12. The van der Waals surface area contributed by atoms with Crippen LogP contribution in [0, 0.1) is 0 Å². The number of alkyl carbamates (subject to hydrolysis) is 1. The number of methoxy groups -OCH3 is 1. The molecule has 0 fully saturated rings. The van der Waals surface area contributed by atoms with Gasteiger partial charge in [0.15, 0.2) is 0 Å². The van der Waals surface area contributed by atoms with Crippen LogP contribution in [-0.2, 0) is 32.5 Å². The largest absolute Gasteiger partial charge is 0.497 e. The fraction of sp³-hybridized carbons (Fsp3) is 0.333. The maximum Gasteiger partial charge on any atom is 0.408 e. The van der Waals surface area contributed by atoms with Crippen LogP contribution in [0.1, 0.15) is 17.5 Å². The van der Waals surface area contributed by atoms with Crippen molar-refractivity contribution in [2.75, 3.05) is 19.1 Å². The summed E-state index contributed by atoms with van der Waals surface area (Å²) in [6.07, 6.45) is 0.212. The third-order valence-corrected chi connectivity index (χ3v) is 5.18. The van der Waals surface area contributed by atoms with Crippen LogP contribution in [0.3, 0.4) is 0 Å². The predicted molar refractivity (Wildman–Crippen MR) is 113 cm³/mol. The molecular weight excluding hydrogens is 408 g/mol. The number of sulfone groups is 1. The Kier molecular flexibility index (Phi) is 8.67. The van der Waals surface area contributed by atoms with Crippen molar-refractivity contribution < 1.29 is 27.5 Å². The SMILES string of the molecule is COc1cccc(CNC(=O)[C@@H](CCS(C)(=O)=O)NC(=O)OCc2ccccc2)c1. The summed E-state index contributed by atoms with van der Waals surface area (Å²) in [5.74, 6) is -0.0976. The smallest absolute Gasteiger partial charge is 0.408 e. The van der Waals surface area contributed by atoms with Gasteiger partial charge in [0, 0.05) is 12.8 Å². The molecule has 2 amide bonds. The van der Waals surface area contributed by atoms with E-state index in [1.54, 1.807) is 37.4 Å². The molecule has 0 aromatic heterocycles. The van der Waals surface area contributed by atoms with E-state index in [2.05, 4.69) is 10.6 Å². The minimum Gasteiger partial charge on any atom is -0.497 e. The quantitative estimate of drug-likeness (QED) is 0.592. The summed E-state index contributed by atoms with van der Waals surface area (Å²) in [5.41, 5.74) is 1.60. The molecular formula is C21H26N2O6S. The first-order valence-electron chi connectivity index (χ1n) is 9.32. The van der Waals surface area contributed by atoms with E-state index in [9.17, 15) is 18.0 Å². The van der Waals surface area contributed by atoms with Crippen LogP contribution in [0.4, 0.5) is 4.79 Å². The third-order valence-electron chi connectivity index (χ3n) is 4.20. The van der Waals surface area contributed by atoms with E-state index in [4.69, 9.17) is 9.47 Å². The molecule has 9 heteroatoms. The molecule has 0 unspecified atom stereocenters. The molecule has 0 aliphatic heterocycles. The molecule has 0 aliphatic carbocycles. The van der Waals surface area contributed by atoms with E-state index in [1.807, 2.05) is 24.3 Å². The molecule has 2 aromatic rings. The second-order valence-corrected chi connectivity index (χ2v) is 9.01. The Bertz CT molecular complexity index is 947. The average Bonchev–Trinajstić information content (AvgIpc) is 2.73. The summed E-state index contributed by atoms with van der Waals surface area (Å²) >= 11 is 0. The molecule has 2 N–H and O–H groups in total. The number of nitrogens with one attached hydrogen (secondary N) is 2. The van der Waals surface area contributed by atoms with Gasteiger partial charge in [0.2, 0.25) is 5.91 Å². The van der Waals surface area contributed by atoms with Crippen molar-refractivity contribution >= 4 is 21.8 Å². The maximum absolute atomic E-state index is 12.6. The molecule has 2 aromatic carbocycles. The number of ether oxygens (including phenoxy) is 2. The van der Waals surface area contributed by atoms with Crippen LogP contribution >= 0.6 is 0 Å². The van der Waals surface area contributed by atoms with Crippen molar-refractivity contribution in [3.63, 3.8) is 0 Å². The van der Waals surface area contributed by atoms with Crippen molar-refractivity contribution in [2.45, 2.75) is 25.6 Å². The van der Waals surface area contributed by atoms with E-state index in [-0.39, 0.29) is 25.3 Å². The van der Waals surface area contributed by atoms with E-state index >= 15 is 0 Å². The van der Waals surface area contributed by atoms with Gasteiger partial charge in [-0.1, -0.05) is 42.5 Å².